The summed E-state index contributed by atoms with van der Waals surface area (Å²) in [7, 11) is 1.22. The molecule has 0 atom stereocenters. The molecule has 0 radical (unpaired) electrons. The van der Waals surface area contributed by atoms with Crippen molar-refractivity contribution in [2.24, 2.45) is 0 Å². The molecule has 0 saturated heterocycles. The van der Waals surface area contributed by atoms with Gasteiger partial charge in [-0.05, 0) is 24.1 Å². The number of hydrogen-bond acceptors (Lipinski definition) is 6. The van der Waals surface area contributed by atoms with Gasteiger partial charge in [0.1, 0.15) is 12.4 Å². The minimum absolute atomic E-state index is 0.155. The average molecular weight is 328 g/mol. The fourth-order valence-electron chi connectivity index (χ4n) is 2.17. The summed E-state index contributed by atoms with van der Waals surface area (Å²) in [5.41, 5.74) is 1.33. The quantitative estimate of drug-likeness (QED) is 0.710. The Kier molecular flexibility index (Phi) is 4.28. The van der Waals surface area contributed by atoms with E-state index >= 15 is 0 Å². The predicted molar refractivity (Wildman–Crippen MR) is 85.1 cm³/mol. The lowest BCUT2D eigenvalue weighted by Crippen LogP contribution is -2.17. The molecule has 1 aromatic carbocycles. The summed E-state index contributed by atoms with van der Waals surface area (Å²) >= 11 is 0. The van der Waals surface area contributed by atoms with Crippen LogP contribution in [0.1, 0.15) is 28.8 Å². The number of aromatic amines is 1. The van der Waals surface area contributed by atoms with Crippen LogP contribution in [0, 0.1) is 0 Å². The minimum atomic E-state index is -0.708. The summed E-state index contributed by atoms with van der Waals surface area (Å²) in [4.78, 5) is 30.4. The van der Waals surface area contributed by atoms with Gasteiger partial charge in [-0.25, -0.2) is 4.79 Å². The number of rotatable bonds is 5. The molecule has 2 aromatic heterocycles. The van der Waals surface area contributed by atoms with Gasteiger partial charge in [0.25, 0.3) is 11.4 Å². The van der Waals surface area contributed by atoms with Gasteiger partial charge >= 0.3 is 5.97 Å². The van der Waals surface area contributed by atoms with Crippen LogP contribution in [0.5, 0.6) is 5.75 Å². The number of ether oxygens (including phenoxy) is 2. The zero-order chi connectivity index (χ0) is 17.1. The normalized spacial score (nSPS) is 10.8. The molecule has 24 heavy (non-hydrogen) atoms. The van der Waals surface area contributed by atoms with Gasteiger partial charge in [0.2, 0.25) is 5.78 Å². The number of aromatic nitrogens is 4. The second-order valence-corrected chi connectivity index (χ2v) is 5.08. The highest BCUT2D eigenvalue weighted by atomic mass is 16.5. The van der Waals surface area contributed by atoms with Crippen LogP contribution in [-0.4, -0.2) is 32.7 Å². The van der Waals surface area contributed by atoms with E-state index in [0.717, 1.165) is 10.9 Å². The number of esters is 1. The van der Waals surface area contributed by atoms with Crippen molar-refractivity contribution in [2.45, 2.75) is 20.0 Å². The molecule has 124 valence electrons. The van der Waals surface area contributed by atoms with Crippen molar-refractivity contribution in [2.75, 3.05) is 7.11 Å². The van der Waals surface area contributed by atoms with Gasteiger partial charge in [0.15, 0.2) is 0 Å². The first kappa shape index (κ1) is 15.7. The van der Waals surface area contributed by atoms with Crippen LogP contribution in [0.15, 0.2) is 35.1 Å². The number of benzene rings is 1. The number of nitrogens with one attached hydrogen (secondary N) is 1. The Morgan fingerprint density at radius 1 is 1.29 bits per heavy atom. The van der Waals surface area contributed by atoms with Gasteiger partial charge < -0.3 is 14.5 Å². The van der Waals surface area contributed by atoms with Crippen molar-refractivity contribution in [3.63, 3.8) is 0 Å². The Labute approximate surface area is 137 Å². The molecule has 3 aromatic rings. The van der Waals surface area contributed by atoms with Crippen LogP contribution in [0.4, 0.5) is 0 Å². The molecule has 3 rings (SSSR count). The molecule has 0 aliphatic rings. The Balaban J connectivity index is 1.81. The maximum atomic E-state index is 12.1. The van der Waals surface area contributed by atoms with Crippen LogP contribution in [0.25, 0.3) is 5.78 Å². The second kappa shape index (κ2) is 6.53. The third-order valence-corrected chi connectivity index (χ3v) is 3.48. The SMILES string of the molecule is CCc1ccc(OCc2cc(=O)n3nc(C(=O)OC)nc3[nH]2)cc1. The highest BCUT2D eigenvalue weighted by Crippen LogP contribution is 2.14. The van der Waals surface area contributed by atoms with Crippen LogP contribution < -0.4 is 10.3 Å². The van der Waals surface area contributed by atoms with E-state index in [0.29, 0.717) is 11.4 Å². The van der Waals surface area contributed by atoms with E-state index in [9.17, 15) is 9.59 Å². The molecular weight excluding hydrogens is 312 g/mol. The van der Waals surface area contributed by atoms with Gasteiger partial charge in [-0.1, -0.05) is 19.1 Å². The first-order valence-corrected chi connectivity index (χ1v) is 7.39. The molecule has 0 fully saturated rings. The van der Waals surface area contributed by atoms with Crippen molar-refractivity contribution in [3.05, 3.63) is 57.8 Å². The molecule has 8 heteroatoms. The molecule has 8 nitrogen and oxygen atoms in total. The third-order valence-electron chi connectivity index (χ3n) is 3.48. The number of fused-ring (bicyclic) bond motifs is 1. The van der Waals surface area contributed by atoms with Gasteiger partial charge in [0.05, 0.1) is 12.8 Å². The Morgan fingerprint density at radius 3 is 2.71 bits per heavy atom. The summed E-state index contributed by atoms with van der Waals surface area (Å²) in [6.45, 7) is 2.24. The summed E-state index contributed by atoms with van der Waals surface area (Å²) in [5.74, 6) is -0.0353. The smallest absolute Gasteiger partial charge is 0.378 e. The first-order chi connectivity index (χ1) is 11.6. The average Bonchev–Trinajstić information content (AvgIpc) is 3.04. The Morgan fingerprint density at radius 2 is 2.04 bits per heavy atom. The summed E-state index contributed by atoms with van der Waals surface area (Å²) in [5, 5.41) is 3.81. The van der Waals surface area contributed by atoms with E-state index in [1.807, 2.05) is 24.3 Å². The number of carbonyl (C=O) groups is 1. The maximum Gasteiger partial charge on any atom is 0.378 e. The first-order valence-electron chi connectivity index (χ1n) is 7.39. The lowest BCUT2D eigenvalue weighted by Gasteiger charge is -2.07. The summed E-state index contributed by atoms with van der Waals surface area (Å²) in [6, 6.07) is 9.08. The number of carbonyl (C=O) groups excluding carboxylic acids is 1. The number of hydrogen-bond donors (Lipinski definition) is 1. The highest BCUT2D eigenvalue weighted by Gasteiger charge is 2.15. The standard InChI is InChI=1S/C16H16N4O4/c1-3-10-4-6-12(7-5-10)24-9-11-8-13(21)20-16(17-11)18-14(19-20)15(22)23-2/h4-8H,3,9H2,1-2H3,(H,17,18,19). The van der Waals surface area contributed by atoms with Crippen LogP contribution in [0.3, 0.4) is 0 Å². The Bertz CT molecular complexity index is 927. The third kappa shape index (κ3) is 3.12. The second-order valence-electron chi connectivity index (χ2n) is 5.08. The predicted octanol–water partition coefficient (Wildman–Crippen LogP) is 1.35. The van der Waals surface area contributed by atoms with Crippen molar-refractivity contribution < 1.29 is 14.3 Å². The van der Waals surface area contributed by atoms with Gasteiger partial charge in [0, 0.05) is 6.07 Å². The number of H-pyrrole nitrogens is 1. The fourth-order valence-corrected chi connectivity index (χ4v) is 2.17. The van der Waals surface area contributed by atoms with Crippen LogP contribution in [0.2, 0.25) is 0 Å². The van der Waals surface area contributed by atoms with Crippen molar-refractivity contribution in [1.29, 1.82) is 0 Å². The van der Waals surface area contributed by atoms with E-state index in [-0.39, 0.29) is 18.2 Å². The van der Waals surface area contributed by atoms with Crippen LogP contribution >= 0.6 is 0 Å². The van der Waals surface area contributed by atoms with Gasteiger partial charge in [-0.3, -0.25) is 4.79 Å². The molecular formula is C16H16N4O4. The van der Waals surface area contributed by atoms with Crippen LogP contribution in [-0.2, 0) is 17.8 Å². The molecule has 0 aliphatic carbocycles. The minimum Gasteiger partial charge on any atom is -0.487 e. The van der Waals surface area contributed by atoms with E-state index in [4.69, 9.17) is 4.74 Å². The van der Waals surface area contributed by atoms with Crippen molar-refractivity contribution in [1.82, 2.24) is 19.6 Å². The zero-order valence-electron chi connectivity index (χ0n) is 13.3. The van der Waals surface area contributed by atoms with Gasteiger partial charge in [-0.15, -0.1) is 5.10 Å². The molecule has 0 spiro atoms. The molecule has 1 N–H and O–H groups in total. The molecule has 2 heterocycles. The van der Waals surface area contributed by atoms with E-state index < -0.39 is 11.5 Å². The summed E-state index contributed by atoms with van der Waals surface area (Å²) in [6.07, 6.45) is 0.958. The number of nitrogens with zero attached hydrogens (tertiary/aromatic N) is 3. The lowest BCUT2D eigenvalue weighted by atomic mass is 10.2. The van der Waals surface area contributed by atoms with E-state index in [1.165, 1.54) is 18.7 Å². The fraction of sp³-hybridized carbons (Fsp3) is 0.250. The summed E-state index contributed by atoms with van der Waals surface area (Å²) < 4.78 is 11.2. The van der Waals surface area contributed by atoms with Gasteiger partial charge in [-0.2, -0.15) is 9.50 Å². The van der Waals surface area contributed by atoms with E-state index in [1.54, 1.807) is 0 Å². The largest absolute Gasteiger partial charge is 0.487 e. The van der Waals surface area contributed by atoms with Crippen molar-refractivity contribution >= 4 is 11.7 Å². The molecule has 0 amide bonds. The molecule has 0 unspecified atom stereocenters. The highest BCUT2D eigenvalue weighted by molar-refractivity contribution is 5.85. The molecule has 0 saturated carbocycles. The monoisotopic (exact) mass is 328 g/mol. The molecule has 0 aliphatic heterocycles. The maximum absolute atomic E-state index is 12.1. The Hall–Kier alpha value is -3.16. The number of methoxy groups -OCH3 is 1. The lowest BCUT2D eigenvalue weighted by molar-refractivity contribution is 0.0587. The number of aryl methyl sites for hydroxylation is 1. The zero-order valence-corrected chi connectivity index (χ0v) is 13.3. The van der Waals surface area contributed by atoms with E-state index in [2.05, 4.69) is 26.7 Å². The molecule has 0 bridgehead atoms. The van der Waals surface area contributed by atoms with Crippen molar-refractivity contribution in [3.8, 4) is 5.75 Å². The topological polar surface area (TPSA) is 98.6 Å².